The molecule has 2 aromatic rings. The first-order valence-electron chi connectivity index (χ1n) is 7.46. The van der Waals surface area contributed by atoms with Crippen molar-refractivity contribution in [3.63, 3.8) is 0 Å². The summed E-state index contributed by atoms with van der Waals surface area (Å²) in [6.45, 7) is 0. The van der Waals surface area contributed by atoms with E-state index in [9.17, 15) is 9.90 Å². The van der Waals surface area contributed by atoms with Crippen molar-refractivity contribution < 1.29 is 9.90 Å². The van der Waals surface area contributed by atoms with E-state index in [0.717, 1.165) is 24.1 Å². The number of phenolic OH excluding ortho intramolecular Hbond substituents is 1. The number of carbonyl (C=O) groups excluding carboxylic acids is 1. The van der Waals surface area contributed by atoms with Gasteiger partial charge in [-0.25, -0.2) is 0 Å². The number of carbonyl (C=O) groups is 1. The van der Waals surface area contributed by atoms with Crippen LogP contribution in [0.4, 0.5) is 5.69 Å². The van der Waals surface area contributed by atoms with Gasteiger partial charge < -0.3 is 10.4 Å². The zero-order chi connectivity index (χ0) is 14.4. The van der Waals surface area contributed by atoms with Gasteiger partial charge in [-0.3, -0.25) is 4.79 Å². The quantitative estimate of drug-likeness (QED) is 0.841. The van der Waals surface area contributed by atoms with E-state index in [0.29, 0.717) is 6.42 Å². The fourth-order valence-corrected chi connectivity index (χ4v) is 3.61. The minimum absolute atomic E-state index is 0.0836. The van der Waals surface area contributed by atoms with E-state index >= 15 is 0 Å². The van der Waals surface area contributed by atoms with E-state index in [-0.39, 0.29) is 17.6 Å². The lowest BCUT2D eigenvalue weighted by atomic mass is 9.83. The smallest absolute Gasteiger partial charge is 0.225 e. The number of rotatable bonds is 1. The Bertz CT molecular complexity index is 719. The fourth-order valence-electron chi connectivity index (χ4n) is 3.61. The van der Waals surface area contributed by atoms with E-state index in [1.54, 1.807) is 12.1 Å². The molecule has 1 amide bonds. The van der Waals surface area contributed by atoms with Crippen LogP contribution >= 0.6 is 0 Å². The number of aryl methyl sites for hydroxylation is 1. The topological polar surface area (TPSA) is 49.3 Å². The third-order valence-corrected chi connectivity index (χ3v) is 4.64. The van der Waals surface area contributed by atoms with Gasteiger partial charge in [0.1, 0.15) is 5.75 Å². The molecule has 0 bridgehead atoms. The Hall–Kier alpha value is -2.29. The maximum absolute atomic E-state index is 12.1. The summed E-state index contributed by atoms with van der Waals surface area (Å²) in [5.74, 6) is 0.425. The maximum atomic E-state index is 12.1. The molecule has 0 aromatic heterocycles. The van der Waals surface area contributed by atoms with E-state index in [4.69, 9.17) is 0 Å². The highest BCUT2D eigenvalue weighted by atomic mass is 16.3. The van der Waals surface area contributed by atoms with Gasteiger partial charge in [-0.05, 0) is 53.6 Å². The second-order valence-electron chi connectivity index (χ2n) is 5.92. The molecule has 0 fully saturated rings. The standard InChI is InChI=1S/C18H17NO2/c20-13-7-4-12(5-8-13)16-10-17(21)19-18-14-3-1-2-11(14)6-9-15(16)18/h4-9,16,20H,1-3,10H2,(H,19,21). The van der Waals surface area contributed by atoms with Crippen LogP contribution in [0.15, 0.2) is 36.4 Å². The molecule has 1 aliphatic heterocycles. The van der Waals surface area contributed by atoms with E-state index in [2.05, 4.69) is 17.4 Å². The van der Waals surface area contributed by atoms with Crippen molar-refractivity contribution in [2.75, 3.05) is 5.32 Å². The van der Waals surface area contributed by atoms with Gasteiger partial charge in [-0.2, -0.15) is 0 Å². The zero-order valence-corrected chi connectivity index (χ0v) is 11.7. The van der Waals surface area contributed by atoms with Crippen molar-refractivity contribution in [2.45, 2.75) is 31.6 Å². The average Bonchev–Trinajstić information content (AvgIpc) is 2.96. The highest BCUT2D eigenvalue weighted by Gasteiger charge is 2.30. The predicted molar refractivity (Wildman–Crippen MR) is 81.7 cm³/mol. The lowest BCUT2D eigenvalue weighted by Gasteiger charge is -2.28. The number of hydrogen-bond acceptors (Lipinski definition) is 2. The van der Waals surface area contributed by atoms with Crippen molar-refractivity contribution >= 4 is 11.6 Å². The van der Waals surface area contributed by atoms with Crippen LogP contribution in [0.1, 0.15) is 41.0 Å². The maximum Gasteiger partial charge on any atom is 0.225 e. The second-order valence-corrected chi connectivity index (χ2v) is 5.92. The summed E-state index contributed by atoms with van der Waals surface area (Å²) < 4.78 is 0. The highest BCUT2D eigenvalue weighted by molar-refractivity contribution is 5.96. The molecule has 3 nitrogen and oxygen atoms in total. The fraction of sp³-hybridized carbons (Fsp3) is 0.278. The number of nitrogens with one attached hydrogen (secondary N) is 1. The van der Waals surface area contributed by atoms with Crippen LogP contribution in [0.2, 0.25) is 0 Å². The molecule has 0 saturated carbocycles. The first-order valence-corrected chi connectivity index (χ1v) is 7.46. The van der Waals surface area contributed by atoms with Crippen LogP contribution in [0.5, 0.6) is 5.75 Å². The molecule has 21 heavy (non-hydrogen) atoms. The molecule has 1 unspecified atom stereocenters. The van der Waals surface area contributed by atoms with E-state index < -0.39 is 0 Å². The van der Waals surface area contributed by atoms with Crippen LogP contribution in [-0.4, -0.2) is 11.0 Å². The van der Waals surface area contributed by atoms with Gasteiger partial charge in [0.15, 0.2) is 0 Å². The number of hydrogen-bond donors (Lipinski definition) is 2. The summed E-state index contributed by atoms with van der Waals surface area (Å²) in [5, 5.41) is 12.5. The van der Waals surface area contributed by atoms with Crippen molar-refractivity contribution in [3.05, 3.63) is 58.7 Å². The normalized spacial score (nSPS) is 19.8. The molecule has 0 radical (unpaired) electrons. The first-order chi connectivity index (χ1) is 10.2. The Kier molecular flexibility index (Phi) is 2.74. The van der Waals surface area contributed by atoms with Gasteiger partial charge in [0.2, 0.25) is 5.91 Å². The van der Waals surface area contributed by atoms with E-state index in [1.807, 2.05) is 12.1 Å². The number of benzene rings is 2. The van der Waals surface area contributed by atoms with Crippen molar-refractivity contribution in [2.24, 2.45) is 0 Å². The predicted octanol–water partition coefficient (Wildman–Crippen LogP) is 3.36. The van der Waals surface area contributed by atoms with Gasteiger partial charge in [0.05, 0.1) is 0 Å². The van der Waals surface area contributed by atoms with Gasteiger partial charge in [0, 0.05) is 18.0 Å². The number of anilines is 1. The third-order valence-electron chi connectivity index (χ3n) is 4.64. The average molecular weight is 279 g/mol. The molecule has 2 N–H and O–H groups in total. The first kappa shape index (κ1) is 12.5. The van der Waals surface area contributed by atoms with Crippen LogP contribution in [0, 0.1) is 0 Å². The Labute approximate surface area is 123 Å². The minimum atomic E-state index is 0.0836. The van der Waals surface area contributed by atoms with Gasteiger partial charge in [0.25, 0.3) is 0 Å². The van der Waals surface area contributed by atoms with Crippen LogP contribution < -0.4 is 5.32 Å². The molecule has 4 rings (SSSR count). The van der Waals surface area contributed by atoms with Crippen molar-refractivity contribution in [1.82, 2.24) is 0 Å². The molecule has 1 aliphatic carbocycles. The zero-order valence-electron chi connectivity index (χ0n) is 11.7. The summed E-state index contributed by atoms with van der Waals surface area (Å²) >= 11 is 0. The molecule has 1 atom stereocenters. The third kappa shape index (κ3) is 2.00. The molecule has 1 heterocycles. The van der Waals surface area contributed by atoms with Gasteiger partial charge >= 0.3 is 0 Å². The van der Waals surface area contributed by atoms with Crippen LogP contribution in [-0.2, 0) is 17.6 Å². The molecule has 3 heteroatoms. The van der Waals surface area contributed by atoms with E-state index in [1.165, 1.54) is 23.1 Å². The molecule has 2 aliphatic rings. The van der Waals surface area contributed by atoms with Crippen LogP contribution in [0.3, 0.4) is 0 Å². The lowest BCUT2D eigenvalue weighted by Crippen LogP contribution is -2.24. The van der Waals surface area contributed by atoms with Crippen molar-refractivity contribution in [3.8, 4) is 5.75 Å². The van der Waals surface area contributed by atoms with Crippen molar-refractivity contribution in [1.29, 1.82) is 0 Å². The molecular formula is C18H17NO2. The Morgan fingerprint density at radius 3 is 2.67 bits per heavy atom. The summed E-state index contributed by atoms with van der Waals surface area (Å²) in [5.41, 5.74) is 6.03. The highest BCUT2D eigenvalue weighted by Crippen LogP contribution is 2.42. The molecule has 2 aromatic carbocycles. The molecule has 0 spiro atoms. The summed E-state index contributed by atoms with van der Waals surface area (Å²) in [6.07, 6.45) is 3.81. The molecular weight excluding hydrogens is 262 g/mol. The SMILES string of the molecule is O=C1CC(c2ccc(O)cc2)c2ccc3c(c2N1)CCC3. The minimum Gasteiger partial charge on any atom is -0.508 e. The number of aromatic hydroxyl groups is 1. The lowest BCUT2D eigenvalue weighted by molar-refractivity contribution is -0.116. The number of fused-ring (bicyclic) bond motifs is 3. The largest absolute Gasteiger partial charge is 0.508 e. The van der Waals surface area contributed by atoms with Gasteiger partial charge in [-0.15, -0.1) is 0 Å². The Morgan fingerprint density at radius 2 is 1.86 bits per heavy atom. The Morgan fingerprint density at radius 1 is 1.05 bits per heavy atom. The summed E-state index contributed by atoms with van der Waals surface area (Å²) in [4.78, 5) is 12.1. The summed E-state index contributed by atoms with van der Waals surface area (Å²) in [7, 11) is 0. The van der Waals surface area contributed by atoms with Crippen LogP contribution in [0.25, 0.3) is 0 Å². The summed E-state index contributed by atoms with van der Waals surface area (Å²) in [6, 6.07) is 11.6. The second kappa shape index (κ2) is 4.62. The number of phenols is 1. The number of amides is 1. The monoisotopic (exact) mass is 279 g/mol. The van der Waals surface area contributed by atoms with Gasteiger partial charge in [-0.1, -0.05) is 24.3 Å². The molecule has 0 saturated heterocycles. The molecule has 106 valence electrons. The Balaban J connectivity index is 1.85.